The van der Waals surface area contributed by atoms with Gasteiger partial charge in [-0.1, -0.05) is 0 Å². The van der Waals surface area contributed by atoms with Crippen molar-refractivity contribution >= 4 is 5.91 Å². The van der Waals surface area contributed by atoms with Gasteiger partial charge in [-0.15, -0.1) is 0 Å². The predicted molar refractivity (Wildman–Crippen MR) is 45.3 cm³/mol. The first-order valence-corrected chi connectivity index (χ1v) is 4.50. The van der Waals surface area contributed by atoms with Gasteiger partial charge < -0.3 is 4.74 Å². The number of rotatable bonds is 3. The van der Waals surface area contributed by atoms with Gasteiger partial charge in [-0.2, -0.15) is 0 Å². The molecular formula is C8H15N2O3. The number of likely N-dealkylation sites (N-methyl/N-ethyl adjacent to an activating group) is 1. The van der Waals surface area contributed by atoms with Crippen molar-refractivity contribution in [2.24, 2.45) is 0 Å². The highest BCUT2D eigenvalue weighted by Gasteiger charge is 2.21. The van der Waals surface area contributed by atoms with Crippen LogP contribution in [0.15, 0.2) is 0 Å². The summed E-state index contributed by atoms with van der Waals surface area (Å²) < 4.78 is 5.15. The summed E-state index contributed by atoms with van der Waals surface area (Å²) in [6.07, 6.45) is 0. The van der Waals surface area contributed by atoms with Crippen LogP contribution in [0.1, 0.15) is 6.92 Å². The molecule has 75 valence electrons. The van der Waals surface area contributed by atoms with Crippen LogP contribution in [0.5, 0.6) is 0 Å². The SMILES string of the molecule is CCN(C(=O)C[O])N1CCOCC1. The topological polar surface area (TPSA) is 52.7 Å². The van der Waals surface area contributed by atoms with Crippen molar-refractivity contribution in [3.05, 3.63) is 0 Å². The summed E-state index contributed by atoms with van der Waals surface area (Å²) in [5.74, 6) is -0.357. The summed E-state index contributed by atoms with van der Waals surface area (Å²) in [4.78, 5) is 11.2. The van der Waals surface area contributed by atoms with Gasteiger partial charge in [0, 0.05) is 19.6 Å². The van der Waals surface area contributed by atoms with Crippen LogP contribution in [0.4, 0.5) is 0 Å². The summed E-state index contributed by atoms with van der Waals surface area (Å²) >= 11 is 0. The molecular weight excluding hydrogens is 172 g/mol. The van der Waals surface area contributed by atoms with Gasteiger partial charge in [0.25, 0.3) is 5.91 Å². The van der Waals surface area contributed by atoms with Crippen molar-refractivity contribution < 1.29 is 14.6 Å². The van der Waals surface area contributed by atoms with E-state index in [9.17, 15) is 9.90 Å². The van der Waals surface area contributed by atoms with E-state index < -0.39 is 6.61 Å². The molecule has 0 spiro atoms. The maximum Gasteiger partial charge on any atom is 0.266 e. The van der Waals surface area contributed by atoms with Crippen LogP contribution >= 0.6 is 0 Å². The molecule has 1 rings (SSSR count). The summed E-state index contributed by atoms with van der Waals surface area (Å²) in [5, 5.41) is 13.8. The molecule has 5 nitrogen and oxygen atoms in total. The third-order valence-electron chi connectivity index (χ3n) is 2.04. The lowest BCUT2D eigenvalue weighted by Crippen LogP contribution is -2.52. The van der Waals surface area contributed by atoms with E-state index in [1.807, 2.05) is 11.9 Å². The maximum atomic E-state index is 11.2. The zero-order valence-corrected chi connectivity index (χ0v) is 7.86. The molecule has 0 unspecified atom stereocenters. The number of morpholine rings is 1. The van der Waals surface area contributed by atoms with Crippen molar-refractivity contribution in [3.63, 3.8) is 0 Å². The van der Waals surface area contributed by atoms with Gasteiger partial charge in [-0.25, -0.2) is 10.1 Å². The number of carbonyl (C=O) groups is 1. The molecule has 13 heavy (non-hydrogen) atoms. The van der Waals surface area contributed by atoms with Crippen LogP contribution in [-0.4, -0.2) is 55.4 Å². The molecule has 5 heteroatoms. The molecule has 0 aromatic carbocycles. The second-order valence-corrected chi connectivity index (χ2v) is 2.82. The fourth-order valence-electron chi connectivity index (χ4n) is 1.40. The third-order valence-corrected chi connectivity index (χ3v) is 2.04. The summed E-state index contributed by atoms with van der Waals surface area (Å²) in [7, 11) is 0. The molecule has 0 N–H and O–H groups in total. The number of carbonyl (C=O) groups excluding carboxylic acids is 1. The van der Waals surface area contributed by atoms with Crippen molar-refractivity contribution in [1.82, 2.24) is 10.0 Å². The lowest BCUT2D eigenvalue weighted by molar-refractivity contribution is -0.161. The van der Waals surface area contributed by atoms with Gasteiger partial charge in [0.05, 0.1) is 13.2 Å². The van der Waals surface area contributed by atoms with Gasteiger partial charge in [-0.3, -0.25) is 9.80 Å². The van der Waals surface area contributed by atoms with Crippen LogP contribution in [0, 0.1) is 0 Å². The number of hydrazine groups is 1. The summed E-state index contributed by atoms with van der Waals surface area (Å²) in [6.45, 7) is 4.39. The zero-order chi connectivity index (χ0) is 9.68. The average molecular weight is 187 g/mol. The Kier molecular flexibility index (Phi) is 4.14. The first-order chi connectivity index (χ1) is 6.29. The van der Waals surface area contributed by atoms with Gasteiger partial charge in [0.2, 0.25) is 0 Å². The lowest BCUT2D eigenvalue weighted by atomic mass is 10.4. The highest BCUT2D eigenvalue weighted by molar-refractivity contribution is 5.76. The normalized spacial score (nSPS) is 18.6. The van der Waals surface area contributed by atoms with E-state index in [2.05, 4.69) is 0 Å². The van der Waals surface area contributed by atoms with E-state index in [1.54, 1.807) is 0 Å². The van der Waals surface area contributed by atoms with E-state index in [1.165, 1.54) is 5.01 Å². The van der Waals surface area contributed by atoms with E-state index in [0.717, 1.165) is 0 Å². The minimum atomic E-state index is -0.675. The van der Waals surface area contributed by atoms with Crippen molar-refractivity contribution in [1.29, 1.82) is 0 Å². The molecule has 1 radical (unpaired) electrons. The van der Waals surface area contributed by atoms with Crippen LogP contribution < -0.4 is 0 Å². The minimum Gasteiger partial charge on any atom is -0.379 e. The number of hydrogen-bond acceptors (Lipinski definition) is 3. The Morgan fingerprint density at radius 3 is 2.54 bits per heavy atom. The molecule has 1 saturated heterocycles. The predicted octanol–water partition coefficient (Wildman–Crippen LogP) is -0.487. The Morgan fingerprint density at radius 2 is 2.08 bits per heavy atom. The molecule has 0 saturated carbocycles. The molecule has 1 aliphatic heterocycles. The van der Waals surface area contributed by atoms with Gasteiger partial charge in [0.15, 0.2) is 6.61 Å². The van der Waals surface area contributed by atoms with Gasteiger partial charge in [0.1, 0.15) is 0 Å². The van der Waals surface area contributed by atoms with Gasteiger partial charge in [-0.05, 0) is 6.92 Å². The molecule has 0 aliphatic carbocycles. The summed E-state index contributed by atoms with van der Waals surface area (Å²) in [6, 6.07) is 0. The monoisotopic (exact) mass is 187 g/mol. The molecule has 1 heterocycles. The largest absolute Gasteiger partial charge is 0.379 e. The second kappa shape index (κ2) is 5.16. The highest BCUT2D eigenvalue weighted by atomic mass is 16.5. The lowest BCUT2D eigenvalue weighted by Gasteiger charge is -2.36. The highest BCUT2D eigenvalue weighted by Crippen LogP contribution is 2.02. The third kappa shape index (κ3) is 2.65. The Balaban J connectivity index is 2.48. The van der Waals surface area contributed by atoms with Crippen LogP contribution in [-0.2, 0) is 14.6 Å². The van der Waals surface area contributed by atoms with E-state index in [-0.39, 0.29) is 5.91 Å². The molecule has 0 atom stereocenters. The van der Waals surface area contributed by atoms with Gasteiger partial charge >= 0.3 is 0 Å². The first-order valence-electron chi connectivity index (χ1n) is 4.50. The first kappa shape index (κ1) is 10.4. The van der Waals surface area contributed by atoms with E-state index in [0.29, 0.717) is 32.8 Å². The fourth-order valence-corrected chi connectivity index (χ4v) is 1.40. The quantitative estimate of drug-likeness (QED) is 0.599. The second-order valence-electron chi connectivity index (χ2n) is 2.82. The number of hydrogen-bond donors (Lipinski definition) is 0. The zero-order valence-electron chi connectivity index (χ0n) is 7.86. The van der Waals surface area contributed by atoms with E-state index in [4.69, 9.17) is 4.74 Å². The number of amides is 1. The molecule has 0 aromatic rings. The van der Waals surface area contributed by atoms with Crippen molar-refractivity contribution in [2.75, 3.05) is 39.5 Å². The smallest absolute Gasteiger partial charge is 0.266 e. The number of nitrogens with zero attached hydrogens (tertiary/aromatic N) is 2. The fraction of sp³-hybridized carbons (Fsp3) is 0.875. The van der Waals surface area contributed by atoms with Crippen LogP contribution in [0.3, 0.4) is 0 Å². The molecule has 1 aliphatic rings. The standard InChI is InChI=1S/C8H15N2O3/c1-2-10(8(12)7-11)9-3-5-13-6-4-9/h2-7H2,1H3. The van der Waals surface area contributed by atoms with Crippen molar-refractivity contribution in [2.45, 2.75) is 6.92 Å². The van der Waals surface area contributed by atoms with E-state index >= 15 is 0 Å². The van der Waals surface area contributed by atoms with Crippen LogP contribution in [0.2, 0.25) is 0 Å². The molecule has 0 bridgehead atoms. The Morgan fingerprint density at radius 1 is 1.46 bits per heavy atom. The maximum absolute atomic E-state index is 11.2. The molecule has 0 aromatic heterocycles. The molecule has 1 amide bonds. The summed E-state index contributed by atoms with van der Waals surface area (Å²) in [5.41, 5.74) is 0. The number of ether oxygens (including phenoxy) is 1. The van der Waals surface area contributed by atoms with Crippen molar-refractivity contribution in [3.8, 4) is 0 Å². The van der Waals surface area contributed by atoms with Crippen LogP contribution in [0.25, 0.3) is 0 Å². The Bertz CT molecular complexity index is 169. The Labute approximate surface area is 77.8 Å². The molecule has 1 fully saturated rings. The average Bonchev–Trinajstić information content (AvgIpc) is 2.20. The minimum absolute atomic E-state index is 0.357. The Hall–Kier alpha value is -0.650.